The fraction of sp³-hybridized carbons (Fsp3) is 0.278. The van der Waals surface area contributed by atoms with E-state index in [9.17, 15) is 4.79 Å². The molecule has 0 amide bonds. The smallest absolute Gasteiger partial charge is 0.165 e. The van der Waals surface area contributed by atoms with Crippen molar-refractivity contribution in [2.45, 2.75) is 19.8 Å². The van der Waals surface area contributed by atoms with Crippen LogP contribution in [0.5, 0.6) is 5.75 Å². The maximum atomic E-state index is 12.0. The van der Waals surface area contributed by atoms with Crippen LogP contribution in [0.25, 0.3) is 11.1 Å². The number of hydrogen-bond acceptors (Lipinski definition) is 2. The Bertz CT molecular complexity index is 637. The number of benzene rings is 2. The minimum absolute atomic E-state index is 0.273. The van der Waals surface area contributed by atoms with Crippen LogP contribution < -0.4 is 4.74 Å². The number of hydrogen-bond donors (Lipinski definition) is 0. The third-order valence-electron chi connectivity index (χ3n) is 3.78. The zero-order chi connectivity index (χ0) is 14.1. The number of methoxy groups -OCH3 is 1. The lowest BCUT2D eigenvalue weighted by Crippen LogP contribution is -2.00. The molecule has 20 heavy (non-hydrogen) atoms. The van der Waals surface area contributed by atoms with Gasteiger partial charge < -0.3 is 4.74 Å². The second kappa shape index (κ2) is 5.12. The standard InChI is InChI=1S/C18H18O2/c1-12-3-10-17(20-2)16(11-12)13-4-6-14(7-5-13)18(19)15-8-9-15/h3-7,10-11,15H,8-9H2,1-2H3. The van der Waals surface area contributed by atoms with Crippen molar-refractivity contribution in [2.24, 2.45) is 5.92 Å². The second-order valence-electron chi connectivity index (χ2n) is 5.42. The van der Waals surface area contributed by atoms with E-state index in [0.29, 0.717) is 0 Å². The van der Waals surface area contributed by atoms with Crippen LogP contribution in [-0.2, 0) is 0 Å². The average molecular weight is 266 g/mol. The van der Waals surface area contributed by atoms with E-state index in [1.165, 1.54) is 5.56 Å². The summed E-state index contributed by atoms with van der Waals surface area (Å²) in [4.78, 5) is 12.0. The molecular weight excluding hydrogens is 248 g/mol. The van der Waals surface area contributed by atoms with E-state index in [1.54, 1.807) is 7.11 Å². The van der Waals surface area contributed by atoms with Gasteiger partial charge in [0.1, 0.15) is 5.75 Å². The first kappa shape index (κ1) is 12.9. The van der Waals surface area contributed by atoms with Crippen LogP contribution >= 0.6 is 0 Å². The van der Waals surface area contributed by atoms with Crippen molar-refractivity contribution in [2.75, 3.05) is 7.11 Å². The Kier molecular flexibility index (Phi) is 3.31. The van der Waals surface area contributed by atoms with Crippen LogP contribution in [-0.4, -0.2) is 12.9 Å². The van der Waals surface area contributed by atoms with Crippen LogP contribution in [0.1, 0.15) is 28.8 Å². The number of ether oxygens (including phenoxy) is 1. The largest absolute Gasteiger partial charge is 0.496 e. The first-order chi connectivity index (χ1) is 9.69. The van der Waals surface area contributed by atoms with E-state index in [4.69, 9.17) is 4.74 Å². The average Bonchev–Trinajstić information content (AvgIpc) is 3.31. The van der Waals surface area contributed by atoms with Gasteiger partial charge in [0.2, 0.25) is 0 Å². The molecule has 0 heterocycles. The Morgan fingerprint density at radius 2 is 1.80 bits per heavy atom. The number of carbonyl (C=O) groups excluding carboxylic acids is 1. The summed E-state index contributed by atoms with van der Waals surface area (Å²) < 4.78 is 5.41. The third kappa shape index (κ3) is 2.46. The Balaban J connectivity index is 1.94. The zero-order valence-corrected chi connectivity index (χ0v) is 11.8. The first-order valence-corrected chi connectivity index (χ1v) is 6.98. The third-order valence-corrected chi connectivity index (χ3v) is 3.78. The van der Waals surface area contributed by atoms with Gasteiger partial charge in [-0.2, -0.15) is 0 Å². The summed E-state index contributed by atoms with van der Waals surface area (Å²) in [6.07, 6.45) is 2.10. The number of carbonyl (C=O) groups is 1. The van der Waals surface area contributed by atoms with E-state index < -0.39 is 0 Å². The molecule has 0 aliphatic heterocycles. The lowest BCUT2D eigenvalue weighted by molar-refractivity contribution is 0.0967. The minimum atomic E-state index is 0.273. The molecule has 0 bridgehead atoms. The van der Waals surface area contributed by atoms with Crippen LogP contribution in [0.2, 0.25) is 0 Å². The van der Waals surface area contributed by atoms with Gasteiger partial charge in [-0.1, -0.05) is 35.9 Å². The van der Waals surface area contributed by atoms with Gasteiger partial charge in [-0.25, -0.2) is 0 Å². The minimum Gasteiger partial charge on any atom is -0.496 e. The van der Waals surface area contributed by atoms with E-state index >= 15 is 0 Å². The van der Waals surface area contributed by atoms with Crippen LogP contribution in [0.3, 0.4) is 0 Å². The predicted octanol–water partition coefficient (Wildman–Crippen LogP) is 4.26. The lowest BCUT2D eigenvalue weighted by Gasteiger charge is -2.10. The van der Waals surface area contributed by atoms with Gasteiger partial charge in [-0.05, 0) is 37.5 Å². The van der Waals surface area contributed by atoms with Crippen LogP contribution in [0.15, 0.2) is 42.5 Å². The molecule has 1 aliphatic carbocycles. The highest BCUT2D eigenvalue weighted by Crippen LogP contribution is 2.34. The molecule has 0 atom stereocenters. The summed E-state index contributed by atoms with van der Waals surface area (Å²) in [6, 6.07) is 14.0. The molecule has 2 aromatic carbocycles. The number of rotatable bonds is 4. The maximum Gasteiger partial charge on any atom is 0.165 e. The van der Waals surface area contributed by atoms with Crippen molar-refractivity contribution < 1.29 is 9.53 Å². The topological polar surface area (TPSA) is 26.3 Å². The van der Waals surface area contributed by atoms with Crippen molar-refractivity contribution in [1.82, 2.24) is 0 Å². The Hall–Kier alpha value is -2.09. The molecular formula is C18H18O2. The lowest BCUT2D eigenvalue weighted by atomic mass is 9.99. The normalized spacial score (nSPS) is 14.1. The molecule has 0 saturated heterocycles. The Labute approximate surface area is 119 Å². The molecule has 2 aromatic rings. The quantitative estimate of drug-likeness (QED) is 0.773. The molecule has 1 saturated carbocycles. The maximum absolute atomic E-state index is 12.0. The fourth-order valence-electron chi connectivity index (χ4n) is 2.44. The zero-order valence-electron chi connectivity index (χ0n) is 11.8. The fourth-order valence-corrected chi connectivity index (χ4v) is 2.44. The van der Waals surface area contributed by atoms with Gasteiger partial charge in [0, 0.05) is 17.0 Å². The van der Waals surface area contributed by atoms with Crippen molar-refractivity contribution in [3.8, 4) is 16.9 Å². The monoisotopic (exact) mass is 266 g/mol. The summed E-state index contributed by atoms with van der Waals surface area (Å²) in [7, 11) is 1.68. The van der Waals surface area contributed by atoms with Gasteiger partial charge in [-0.15, -0.1) is 0 Å². The SMILES string of the molecule is COc1ccc(C)cc1-c1ccc(C(=O)C2CC2)cc1. The van der Waals surface area contributed by atoms with Crippen molar-refractivity contribution in [3.63, 3.8) is 0 Å². The number of aryl methyl sites for hydroxylation is 1. The molecule has 102 valence electrons. The van der Waals surface area contributed by atoms with Crippen LogP contribution in [0.4, 0.5) is 0 Å². The van der Waals surface area contributed by atoms with Gasteiger partial charge in [-0.3, -0.25) is 4.79 Å². The van der Waals surface area contributed by atoms with Gasteiger partial charge >= 0.3 is 0 Å². The molecule has 2 nitrogen and oxygen atoms in total. The molecule has 1 fully saturated rings. The van der Waals surface area contributed by atoms with Gasteiger partial charge in [0.25, 0.3) is 0 Å². The van der Waals surface area contributed by atoms with Crippen LogP contribution in [0, 0.1) is 12.8 Å². The summed E-state index contributed by atoms with van der Waals surface area (Å²) in [5, 5.41) is 0. The predicted molar refractivity (Wildman–Crippen MR) is 80.2 cm³/mol. The Morgan fingerprint density at radius 1 is 1.10 bits per heavy atom. The molecule has 0 spiro atoms. The first-order valence-electron chi connectivity index (χ1n) is 6.98. The summed E-state index contributed by atoms with van der Waals surface area (Å²) in [5.74, 6) is 1.42. The summed E-state index contributed by atoms with van der Waals surface area (Å²) in [5.41, 5.74) is 4.16. The highest BCUT2D eigenvalue weighted by Gasteiger charge is 2.30. The van der Waals surface area contributed by atoms with Crippen molar-refractivity contribution in [3.05, 3.63) is 53.6 Å². The second-order valence-corrected chi connectivity index (χ2v) is 5.42. The molecule has 1 aliphatic rings. The van der Waals surface area contributed by atoms with E-state index in [-0.39, 0.29) is 11.7 Å². The van der Waals surface area contributed by atoms with Gasteiger partial charge in [0.05, 0.1) is 7.11 Å². The molecule has 3 rings (SSSR count). The number of ketones is 1. The highest BCUT2D eigenvalue weighted by molar-refractivity contribution is 5.99. The summed E-state index contributed by atoms with van der Waals surface area (Å²) in [6.45, 7) is 2.06. The van der Waals surface area contributed by atoms with E-state index in [2.05, 4.69) is 13.0 Å². The molecule has 0 radical (unpaired) electrons. The van der Waals surface area contributed by atoms with E-state index in [0.717, 1.165) is 35.3 Å². The van der Waals surface area contributed by atoms with E-state index in [1.807, 2.05) is 36.4 Å². The van der Waals surface area contributed by atoms with Gasteiger partial charge in [0.15, 0.2) is 5.78 Å². The molecule has 0 aromatic heterocycles. The van der Waals surface area contributed by atoms with Crippen molar-refractivity contribution in [1.29, 1.82) is 0 Å². The highest BCUT2D eigenvalue weighted by atomic mass is 16.5. The molecule has 0 unspecified atom stereocenters. The number of Topliss-reactive ketones (excluding diaryl/α,β-unsaturated/α-hetero) is 1. The summed E-state index contributed by atoms with van der Waals surface area (Å²) >= 11 is 0. The molecule has 0 N–H and O–H groups in total. The Morgan fingerprint density at radius 3 is 2.40 bits per heavy atom. The molecule has 2 heteroatoms. The van der Waals surface area contributed by atoms with Crippen molar-refractivity contribution >= 4 is 5.78 Å².